The smallest absolute Gasteiger partial charge is 0.328 e. The standard InChI is InChI=1S/C8H11NO5S/c10-7(1-2-8(11)12)9-6-3-4-15(13,14)5-6/h1-2,6H,3-5H2,(H,9,10)(H,11,12)/b2-1+/t6-/m0/s1. The fraction of sp³-hybridized carbons (Fsp3) is 0.500. The van der Waals surface area contributed by atoms with Crippen LogP contribution in [0.3, 0.4) is 0 Å². The van der Waals surface area contributed by atoms with Crippen LogP contribution in [0.4, 0.5) is 0 Å². The molecule has 0 spiro atoms. The first-order valence-electron chi connectivity index (χ1n) is 4.31. The van der Waals surface area contributed by atoms with Crippen LogP contribution in [0.5, 0.6) is 0 Å². The van der Waals surface area contributed by atoms with E-state index in [1.54, 1.807) is 0 Å². The predicted octanol–water partition coefficient (Wildman–Crippen LogP) is -1.07. The third-order valence-corrected chi connectivity index (χ3v) is 3.72. The van der Waals surface area contributed by atoms with E-state index in [4.69, 9.17) is 5.11 Å². The van der Waals surface area contributed by atoms with Crippen LogP contribution in [0.1, 0.15) is 6.42 Å². The number of hydrogen-bond donors (Lipinski definition) is 2. The lowest BCUT2D eigenvalue weighted by Crippen LogP contribution is -2.34. The van der Waals surface area contributed by atoms with Crippen molar-refractivity contribution in [2.24, 2.45) is 0 Å². The molecule has 0 aromatic carbocycles. The van der Waals surface area contributed by atoms with Crippen LogP contribution in [0.15, 0.2) is 12.2 Å². The topological polar surface area (TPSA) is 101 Å². The first-order chi connectivity index (χ1) is 6.89. The third-order valence-electron chi connectivity index (χ3n) is 1.96. The highest BCUT2D eigenvalue weighted by Crippen LogP contribution is 2.10. The van der Waals surface area contributed by atoms with Crippen LogP contribution >= 0.6 is 0 Å². The molecule has 1 fully saturated rings. The van der Waals surface area contributed by atoms with Gasteiger partial charge in [-0.25, -0.2) is 13.2 Å². The first kappa shape index (κ1) is 11.7. The summed E-state index contributed by atoms with van der Waals surface area (Å²) in [7, 11) is -3.03. The summed E-state index contributed by atoms with van der Waals surface area (Å²) in [6.07, 6.45) is 1.96. The molecule has 0 aromatic rings. The fourth-order valence-corrected chi connectivity index (χ4v) is 2.98. The van der Waals surface area contributed by atoms with Crippen molar-refractivity contribution in [1.82, 2.24) is 5.32 Å². The zero-order valence-electron chi connectivity index (χ0n) is 7.84. The van der Waals surface area contributed by atoms with E-state index in [0.717, 1.165) is 6.08 Å². The number of carboxylic acid groups (broad SMARTS) is 1. The summed E-state index contributed by atoms with van der Waals surface area (Å²) in [5.41, 5.74) is 0. The molecule has 0 aromatic heterocycles. The van der Waals surface area contributed by atoms with Crippen molar-refractivity contribution in [2.45, 2.75) is 12.5 Å². The molecule has 0 bridgehead atoms. The highest BCUT2D eigenvalue weighted by Gasteiger charge is 2.28. The number of nitrogens with one attached hydrogen (secondary N) is 1. The van der Waals surface area contributed by atoms with Crippen LogP contribution in [0, 0.1) is 0 Å². The zero-order chi connectivity index (χ0) is 11.5. The van der Waals surface area contributed by atoms with E-state index in [2.05, 4.69) is 5.32 Å². The zero-order valence-corrected chi connectivity index (χ0v) is 8.66. The number of amides is 1. The second-order valence-corrected chi connectivity index (χ2v) is 5.51. The van der Waals surface area contributed by atoms with Gasteiger partial charge < -0.3 is 10.4 Å². The van der Waals surface area contributed by atoms with Crippen LogP contribution in [0.25, 0.3) is 0 Å². The Morgan fingerprint density at radius 1 is 1.33 bits per heavy atom. The summed E-state index contributed by atoms with van der Waals surface area (Å²) in [5, 5.41) is 10.7. The summed E-state index contributed by atoms with van der Waals surface area (Å²) < 4.78 is 22.1. The first-order valence-corrected chi connectivity index (χ1v) is 6.13. The number of carbonyl (C=O) groups excluding carboxylic acids is 1. The van der Waals surface area contributed by atoms with Gasteiger partial charge >= 0.3 is 5.97 Å². The van der Waals surface area contributed by atoms with E-state index < -0.39 is 27.8 Å². The molecule has 1 saturated heterocycles. The van der Waals surface area contributed by atoms with E-state index in [1.807, 2.05) is 0 Å². The quantitative estimate of drug-likeness (QED) is 0.604. The van der Waals surface area contributed by atoms with Crippen molar-refractivity contribution in [2.75, 3.05) is 11.5 Å². The Morgan fingerprint density at radius 3 is 2.47 bits per heavy atom. The van der Waals surface area contributed by atoms with Gasteiger partial charge in [-0.15, -0.1) is 0 Å². The molecule has 0 radical (unpaired) electrons. The number of carboxylic acids is 1. The number of carbonyl (C=O) groups is 2. The maximum Gasteiger partial charge on any atom is 0.328 e. The summed E-state index contributed by atoms with van der Waals surface area (Å²) in [6, 6.07) is -0.402. The molecular formula is C8H11NO5S. The molecule has 1 rings (SSSR count). The van der Waals surface area contributed by atoms with Crippen molar-refractivity contribution in [3.8, 4) is 0 Å². The molecule has 1 amide bonds. The average molecular weight is 233 g/mol. The summed E-state index contributed by atoms with van der Waals surface area (Å²) in [4.78, 5) is 21.1. The fourth-order valence-electron chi connectivity index (χ4n) is 1.31. The maximum atomic E-state index is 11.1. The monoisotopic (exact) mass is 233 g/mol. The van der Waals surface area contributed by atoms with E-state index in [1.165, 1.54) is 0 Å². The lowest BCUT2D eigenvalue weighted by atomic mass is 10.2. The number of aliphatic carboxylic acids is 1. The molecule has 1 atom stereocenters. The van der Waals surface area contributed by atoms with Gasteiger partial charge in [0.05, 0.1) is 11.5 Å². The van der Waals surface area contributed by atoms with E-state index in [9.17, 15) is 18.0 Å². The molecule has 7 heteroatoms. The van der Waals surface area contributed by atoms with Gasteiger partial charge in [-0.3, -0.25) is 4.79 Å². The molecule has 0 unspecified atom stereocenters. The Morgan fingerprint density at radius 2 is 2.00 bits per heavy atom. The van der Waals surface area contributed by atoms with Crippen molar-refractivity contribution >= 4 is 21.7 Å². The SMILES string of the molecule is O=C(O)/C=C/C(=O)N[C@H]1CCS(=O)(=O)C1. The average Bonchev–Trinajstić information content (AvgIpc) is 2.42. The minimum atomic E-state index is -3.03. The van der Waals surface area contributed by atoms with Crippen LogP contribution < -0.4 is 5.32 Å². The largest absolute Gasteiger partial charge is 0.478 e. The normalized spacial score (nSPS) is 24.1. The molecule has 6 nitrogen and oxygen atoms in total. The highest BCUT2D eigenvalue weighted by atomic mass is 32.2. The van der Waals surface area contributed by atoms with Gasteiger partial charge in [0.1, 0.15) is 0 Å². The van der Waals surface area contributed by atoms with Crippen LogP contribution in [0.2, 0.25) is 0 Å². The van der Waals surface area contributed by atoms with Crippen molar-refractivity contribution in [3.05, 3.63) is 12.2 Å². The molecule has 15 heavy (non-hydrogen) atoms. The van der Waals surface area contributed by atoms with Gasteiger partial charge in [0, 0.05) is 18.2 Å². The van der Waals surface area contributed by atoms with Crippen molar-refractivity contribution < 1.29 is 23.1 Å². The Balaban J connectivity index is 2.44. The Bertz CT molecular complexity index is 397. The minimum absolute atomic E-state index is 0.0698. The van der Waals surface area contributed by atoms with Gasteiger partial charge in [0.15, 0.2) is 9.84 Å². The van der Waals surface area contributed by atoms with Gasteiger partial charge in [0.2, 0.25) is 5.91 Å². The Labute approximate surface area is 86.9 Å². The molecule has 2 N–H and O–H groups in total. The molecule has 1 aliphatic heterocycles. The highest BCUT2D eigenvalue weighted by molar-refractivity contribution is 7.91. The van der Waals surface area contributed by atoms with Crippen LogP contribution in [-0.2, 0) is 19.4 Å². The van der Waals surface area contributed by atoms with E-state index in [0.29, 0.717) is 12.5 Å². The number of rotatable bonds is 3. The lowest BCUT2D eigenvalue weighted by molar-refractivity contribution is -0.131. The van der Waals surface area contributed by atoms with Gasteiger partial charge in [-0.1, -0.05) is 0 Å². The number of sulfone groups is 1. The molecule has 1 aliphatic rings. The van der Waals surface area contributed by atoms with Crippen molar-refractivity contribution in [1.29, 1.82) is 0 Å². The van der Waals surface area contributed by atoms with Gasteiger partial charge in [-0.05, 0) is 6.42 Å². The van der Waals surface area contributed by atoms with Crippen LogP contribution in [-0.4, -0.2) is 42.9 Å². The van der Waals surface area contributed by atoms with Gasteiger partial charge in [-0.2, -0.15) is 0 Å². The third kappa shape index (κ3) is 4.11. The molecule has 1 heterocycles. The molecule has 0 saturated carbocycles. The Kier molecular flexibility index (Phi) is 3.46. The second-order valence-electron chi connectivity index (χ2n) is 3.28. The van der Waals surface area contributed by atoms with E-state index in [-0.39, 0.29) is 11.5 Å². The molecule has 84 valence electrons. The second kappa shape index (κ2) is 4.43. The lowest BCUT2D eigenvalue weighted by Gasteiger charge is -2.07. The Hall–Kier alpha value is -1.37. The molecular weight excluding hydrogens is 222 g/mol. The van der Waals surface area contributed by atoms with Gasteiger partial charge in [0.25, 0.3) is 0 Å². The summed E-state index contributed by atoms with van der Waals surface area (Å²) in [5.74, 6) is -1.80. The van der Waals surface area contributed by atoms with E-state index >= 15 is 0 Å². The maximum absolute atomic E-state index is 11.1. The summed E-state index contributed by atoms with van der Waals surface area (Å²) in [6.45, 7) is 0. The predicted molar refractivity (Wildman–Crippen MR) is 52.0 cm³/mol. The molecule has 0 aliphatic carbocycles. The minimum Gasteiger partial charge on any atom is -0.478 e. The summed E-state index contributed by atoms with van der Waals surface area (Å²) >= 11 is 0. The van der Waals surface area contributed by atoms with Crippen molar-refractivity contribution in [3.63, 3.8) is 0 Å². The number of hydrogen-bond acceptors (Lipinski definition) is 4.